The van der Waals surface area contributed by atoms with Crippen molar-refractivity contribution in [2.45, 2.75) is 38.6 Å². The molecule has 4 rings (SSSR count). The van der Waals surface area contributed by atoms with Crippen LogP contribution in [0.25, 0.3) is 0 Å². The van der Waals surface area contributed by atoms with Crippen molar-refractivity contribution in [3.63, 3.8) is 0 Å². The fourth-order valence-electron chi connectivity index (χ4n) is 3.22. The number of piperazine rings is 1. The summed E-state index contributed by atoms with van der Waals surface area (Å²) in [6.07, 6.45) is 5.93. The van der Waals surface area contributed by atoms with Crippen LogP contribution in [0.4, 0.5) is 0 Å². The Balaban J connectivity index is 1.31. The molecule has 4 nitrogen and oxygen atoms in total. The van der Waals surface area contributed by atoms with Crippen LogP contribution in [-0.2, 0) is 24.2 Å². The van der Waals surface area contributed by atoms with Crippen LogP contribution < -0.4 is 0 Å². The summed E-state index contributed by atoms with van der Waals surface area (Å²) in [7, 11) is 0. The maximum atomic E-state index is 12.0. The molecule has 1 amide bonds. The molecule has 0 bridgehead atoms. The van der Waals surface area contributed by atoms with Gasteiger partial charge in [0.15, 0.2) is 0 Å². The van der Waals surface area contributed by atoms with E-state index in [-0.39, 0.29) is 0 Å². The van der Waals surface area contributed by atoms with Crippen LogP contribution in [0.1, 0.15) is 34.8 Å². The minimum Gasteiger partial charge on any atom is -0.340 e. The molecule has 0 unspecified atom stereocenters. The number of rotatable bonds is 3. The van der Waals surface area contributed by atoms with Crippen molar-refractivity contribution < 1.29 is 4.79 Å². The monoisotopic (exact) mass is 291 g/mol. The quantitative estimate of drug-likeness (QED) is 0.850. The Morgan fingerprint density at radius 2 is 2.00 bits per heavy atom. The van der Waals surface area contributed by atoms with Crippen molar-refractivity contribution in [3.05, 3.63) is 15.6 Å². The van der Waals surface area contributed by atoms with Gasteiger partial charge in [-0.15, -0.1) is 11.3 Å². The average molecular weight is 291 g/mol. The second-order valence-electron chi connectivity index (χ2n) is 6.21. The zero-order chi connectivity index (χ0) is 13.5. The van der Waals surface area contributed by atoms with Crippen molar-refractivity contribution in [2.75, 3.05) is 26.2 Å². The lowest BCUT2D eigenvalue weighted by Gasteiger charge is -2.34. The highest BCUT2D eigenvalue weighted by molar-refractivity contribution is 7.11. The van der Waals surface area contributed by atoms with Gasteiger partial charge in [0.25, 0.3) is 0 Å². The summed E-state index contributed by atoms with van der Waals surface area (Å²) in [6, 6.07) is 0. The van der Waals surface area contributed by atoms with Gasteiger partial charge in [0.1, 0.15) is 5.01 Å². The van der Waals surface area contributed by atoms with Crippen LogP contribution in [0.5, 0.6) is 0 Å². The normalized spacial score (nSPS) is 23.1. The van der Waals surface area contributed by atoms with Crippen molar-refractivity contribution in [3.8, 4) is 0 Å². The highest BCUT2D eigenvalue weighted by Gasteiger charge is 2.34. The molecule has 0 radical (unpaired) electrons. The first kappa shape index (κ1) is 12.8. The number of hydrogen-bond acceptors (Lipinski definition) is 4. The molecule has 1 aliphatic heterocycles. The number of aryl methyl sites for hydroxylation is 2. The number of amides is 1. The van der Waals surface area contributed by atoms with Crippen LogP contribution >= 0.6 is 11.3 Å². The lowest BCUT2D eigenvalue weighted by molar-refractivity contribution is -0.134. The first-order valence-corrected chi connectivity index (χ1v) is 8.60. The summed E-state index contributed by atoms with van der Waals surface area (Å²) in [4.78, 5) is 22.8. The van der Waals surface area contributed by atoms with Gasteiger partial charge in [-0.05, 0) is 32.1 Å². The minimum atomic E-state index is 0.364. The number of nitrogens with zero attached hydrogens (tertiary/aromatic N) is 3. The van der Waals surface area contributed by atoms with Crippen LogP contribution in [0.15, 0.2) is 0 Å². The summed E-state index contributed by atoms with van der Waals surface area (Å²) < 4.78 is 0. The minimum absolute atomic E-state index is 0.364. The van der Waals surface area contributed by atoms with E-state index in [0.29, 0.717) is 11.8 Å². The first-order valence-electron chi connectivity index (χ1n) is 7.78. The molecule has 1 saturated carbocycles. The molecule has 1 aromatic rings. The van der Waals surface area contributed by atoms with E-state index in [4.69, 9.17) is 4.98 Å². The predicted octanol–water partition coefficient (Wildman–Crippen LogP) is 1.69. The van der Waals surface area contributed by atoms with Crippen molar-refractivity contribution in [2.24, 2.45) is 5.92 Å². The highest BCUT2D eigenvalue weighted by atomic mass is 32.1. The molecule has 108 valence electrons. The second kappa shape index (κ2) is 5.11. The molecule has 2 fully saturated rings. The Bertz CT molecular complexity index is 494. The summed E-state index contributed by atoms with van der Waals surface area (Å²) >= 11 is 1.90. The largest absolute Gasteiger partial charge is 0.340 e. The van der Waals surface area contributed by atoms with E-state index < -0.39 is 0 Å². The molecular weight excluding hydrogens is 270 g/mol. The van der Waals surface area contributed by atoms with Gasteiger partial charge >= 0.3 is 0 Å². The van der Waals surface area contributed by atoms with Crippen LogP contribution in [0.3, 0.4) is 0 Å². The highest BCUT2D eigenvalue weighted by Crippen LogP contribution is 2.31. The third-order valence-electron chi connectivity index (χ3n) is 4.61. The van der Waals surface area contributed by atoms with Gasteiger partial charge < -0.3 is 4.90 Å². The zero-order valence-electron chi connectivity index (χ0n) is 11.8. The molecule has 20 heavy (non-hydrogen) atoms. The fraction of sp³-hybridized carbons (Fsp3) is 0.733. The Morgan fingerprint density at radius 3 is 2.70 bits per heavy atom. The van der Waals surface area contributed by atoms with E-state index in [1.54, 1.807) is 0 Å². The first-order chi connectivity index (χ1) is 9.79. The number of fused-ring (bicyclic) bond motifs is 1. The van der Waals surface area contributed by atoms with E-state index in [9.17, 15) is 4.79 Å². The predicted molar refractivity (Wildman–Crippen MR) is 78.7 cm³/mol. The Labute approximate surface area is 123 Å². The fourth-order valence-corrected chi connectivity index (χ4v) is 4.42. The molecule has 0 N–H and O–H groups in total. The molecule has 2 heterocycles. The Morgan fingerprint density at radius 1 is 1.20 bits per heavy atom. The lowest BCUT2D eigenvalue weighted by Crippen LogP contribution is -2.48. The molecule has 0 atom stereocenters. The van der Waals surface area contributed by atoms with Crippen LogP contribution in [0, 0.1) is 5.92 Å². The second-order valence-corrected chi connectivity index (χ2v) is 7.37. The van der Waals surface area contributed by atoms with Crippen molar-refractivity contribution in [1.82, 2.24) is 14.8 Å². The number of carbonyl (C=O) groups excluding carboxylic acids is 1. The molecule has 1 aromatic heterocycles. The smallest absolute Gasteiger partial charge is 0.225 e. The molecule has 0 spiro atoms. The van der Waals surface area contributed by atoms with Crippen molar-refractivity contribution in [1.29, 1.82) is 0 Å². The molecular formula is C15H21N3OS. The van der Waals surface area contributed by atoms with Gasteiger partial charge in [-0.2, -0.15) is 0 Å². The van der Waals surface area contributed by atoms with Gasteiger partial charge in [0.2, 0.25) is 5.91 Å². The third kappa shape index (κ3) is 2.49. The number of hydrogen-bond donors (Lipinski definition) is 0. The molecule has 3 aliphatic rings. The molecule has 1 saturated heterocycles. The molecule has 0 aromatic carbocycles. The zero-order valence-corrected chi connectivity index (χ0v) is 12.6. The maximum absolute atomic E-state index is 12.0. The maximum Gasteiger partial charge on any atom is 0.225 e. The lowest BCUT2D eigenvalue weighted by atomic mass is 10.2. The summed E-state index contributed by atoms with van der Waals surface area (Å²) in [5, 5.41) is 1.27. The summed E-state index contributed by atoms with van der Waals surface area (Å²) in [5.41, 5.74) is 1.35. The number of thiazole rings is 1. The van der Waals surface area contributed by atoms with E-state index in [0.717, 1.165) is 45.6 Å². The van der Waals surface area contributed by atoms with E-state index in [1.165, 1.54) is 34.8 Å². The van der Waals surface area contributed by atoms with Gasteiger partial charge in [0, 0.05) is 37.0 Å². The van der Waals surface area contributed by atoms with Gasteiger partial charge in [-0.25, -0.2) is 4.98 Å². The van der Waals surface area contributed by atoms with Crippen molar-refractivity contribution >= 4 is 17.2 Å². The van der Waals surface area contributed by atoms with Gasteiger partial charge in [-0.1, -0.05) is 0 Å². The van der Waals surface area contributed by atoms with E-state index >= 15 is 0 Å². The molecule has 5 heteroatoms. The summed E-state index contributed by atoms with van der Waals surface area (Å²) in [5.74, 6) is 0.765. The average Bonchev–Trinajstić information content (AvgIpc) is 3.11. The Hall–Kier alpha value is -0.940. The van der Waals surface area contributed by atoms with Crippen LogP contribution in [0.2, 0.25) is 0 Å². The van der Waals surface area contributed by atoms with E-state index in [1.807, 2.05) is 11.3 Å². The molecule has 2 aliphatic carbocycles. The summed E-state index contributed by atoms with van der Waals surface area (Å²) in [6.45, 7) is 4.79. The van der Waals surface area contributed by atoms with Crippen LogP contribution in [-0.4, -0.2) is 46.9 Å². The Kier molecular flexibility index (Phi) is 3.27. The third-order valence-corrected chi connectivity index (χ3v) is 5.75. The van der Waals surface area contributed by atoms with Gasteiger partial charge in [0.05, 0.1) is 12.2 Å². The van der Waals surface area contributed by atoms with E-state index in [2.05, 4.69) is 9.80 Å². The topological polar surface area (TPSA) is 36.4 Å². The number of carbonyl (C=O) groups is 1. The standard InChI is InChI=1S/C15H21N3OS/c19-15(11-4-5-11)18-8-6-17(7-9-18)10-14-16-12-2-1-3-13(12)20-14/h11H,1-10H2. The SMILES string of the molecule is O=C(C1CC1)N1CCN(Cc2nc3c(s2)CCC3)CC1. The van der Waals surface area contributed by atoms with Gasteiger partial charge in [-0.3, -0.25) is 9.69 Å². The number of aromatic nitrogens is 1.